The van der Waals surface area contributed by atoms with Gasteiger partial charge >= 0.3 is 17.9 Å². The van der Waals surface area contributed by atoms with Crippen LogP contribution in [0, 0.1) is 5.41 Å². The summed E-state index contributed by atoms with van der Waals surface area (Å²) in [5.41, 5.74) is 7.81. The number of nitrogen functional groups attached to an aromatic ring is 1. The number of nitrogens with one attached hydrogen (secondary N) is 1. The molecule has 4 N–H and O–H groups in total. The number of carbonyl (C=O) groups is 6. The van der Waals surface area contributed by atoms with E-state index in [0.29, 0.717) is 38.6 Å². The zero-order valence-corrected chi connectivity index (χ0v) is 22.4. The molecule has 2 aromatic carbocycles. The predicted molar refractivity (Wildman–Crippen MR) is 147 cm³/mol. The summed E-state index contributed by atoms with van der Waals surface area (Å²) >= 11 is 0. The highest BCUT2D eigenvalue weighted by molar-refractivity contribution is 6.09. The minimum absolute atomic E-state index is 0.0358. The second-order valence-corrected chi connectivity index (χ2v) is 9.64. The molecule has 3 aliphatic rings. The van der Waals surface area contributed by atoms with Crippen LogP contribution in [0.3, 0.4) is 0 Å². The van der Waals surface area contributed by atoms with Crippen molar-refractivity contribution < 1.29 is 47.9 Å². The average Bonchev–Trinajstić information content (AvgIpc) is 3.29. The van der Waals surface area contributed by atoms with E-state index >= 15 is 0 Å². The van der Waals surface area contributed by atoms with Crippen molar-refractivity contribution in [3.63, 3.8) is 0 Å². The van der Waals surface area contributed by atoms with Crippen molar-refractivity contribution in [2.45, 2.75) is 25.7 Å². The average molecular weight is 586 g/mol. The van der Waals surface area contributed by atoms with Crippen LogP contribution in [0.2, 0.25) is 0 Å². The SMILES string of the molecule is N=c1ccc2c(-c3ccc(C(=O)COC(=O)CCC(=O)ON4C(=O)CCC4=O)cc3C(=O)O)c3ccc(N)cc3oc-2c1. The molecule has 0 aromatic heterocycles. The second kappa shape index (κ2) is 11.6. The molecule has 0 unspecified atom stereocenters. The van der Waals surface area contributed by atoms with Gasteiger partial charge in [0.1, 0.15) is 11.3 Å². The minimum atomic E-state index is -1.32. The number of amides is 2. The summed E-state index contributed by atoms with van der Waals surface area (Å²) < 4.78 is 10.9. The van der Waals surface area contributed by atoms with Gasteiger partial charge in [0.2, 0.25) is 0 Å². The van der Waals surface area contributed by atoms with Crippen molar-refractivity contribution in [3.05, 3.63) is 71.1 Å². The van der Waals surface area contributed by atoms with E-state index in [0.717, 1.165) is 0 Å². The molecule has 13 heteroatoms. The molecule has 0 atom stereocenters. The maximum atomic E-state index is 12.8. The Labute approximate surface area is 242 Å². The lowest BCUT2D eigenvalue weighted by atomic mass is 9.89. The number of nitrogens with two attached hydrogens (primary N) is 1. The minimum Gasteiger partial charge on any atom is -0.478 e. The van der Waals surface area contributed by atoms with Crippen molar-refractivity contribution in [1.29, 1.82) is 5.41 Å². The second-order valence-electron chi connectivity index (χ2n) is 9.64. The van der Waals surface area contributed by atoms with Crippen molar-refractivity contribution in [3.8, 4) is 22.5 Å². The summed E-state index contributed by atoms with van der Waals surface area (Å²) in [5, 5.41) is 19.2. The number of nitrogens with zero attached hydrogens (tertiary/aromatic N) is 1. The number of ketones is 1. The molecule has 1 aliphatic carbocycles. The van der Waals surface area contributed by atoms with E-state index in [1.54, 1.807) is 30.3 Å². The number of ether oxygens (including phenoxy) is 1. The number of imide groups is 1. The number of carbonyl (C=O) groups excluding carboxylic acids is 5. The fourth-order valence-electron chi connectivity index (χ4n) is 4.62. The fourth-order valence-corrected chi connectivity index (χ4v) is 4.62. The first-order valence-corrected chi connectivity index (χ1v) is 13.0. The summed E-state index contributed by atoms with van der Waals surface area (Å²) in [6.45, 7) is -0.725. The Morgan fingerprint density at radius 2 is 1.60 bits per heavy atom. The van der Waals surface area contributed by atoms with Gasteiger partial charge in [0.05, 0.1) is 23.8 Å². The largest absolute Gasteiger partial charge is 0.478 e. The lowest BCUT2D eigenvalue weighted by Crippen LogP contribution is -2.32. The maximum absolute atomic E-state index is 12.8. The number of benzene rings is 3. The van der Waals surface area contributed by atoms with Gasteiger partial charge in [0.15, 0.2) is 12.4 Å². The van der Waals surface area contributed by atoms with E-state index in [-0.39, 0.29) is 34.9 Å². The van der Waals surface area contributed by atoms with Gasteiger partial charge in [-0.05, 0) is 35.9 Å². The van der Waals surface area contributed by atoms with Gasteiger partial charge in [0.25, 0.3) is 11.8 Å². The van der Waals surface area contributed by atoms with Crippen LogP contribution < -0.4 is 11.1 Å². The molecule has 0 spiro atoms. The number of hydrogen-bond donors (Lipinski definition) is 3. The summed E-state index contributed by atoms with van der Waals surface area (Å²) in [4.78, 5) is 76.9. The summed E-state index contributed by atoms with van der Waals surface area (Å²) in [7, 11) is 0. The van der Waals surface area contributed by atoms with E-state index in [9.17, 15) is 33.9 Å². The number of hydrogen-bond acceptors (Lipinski definition) is 11. The highest BCUT2D eigenvalue weighted by atomic mass is 16.7. The molecule has 1 saturated heterocycles. The van der Waals surface area contributed by atoms with E-state index in [2.05, 4.69) is 4.84 Å². The Morgan fingerprint density at radius 3 is 2.33 bits per heavy atom. The molecule has 5 rings (SSSR count). The van der Waals surface area contributed by atoms with E-state index < -0.39 is 55.0 Å². The molecule has 2 amide bonds. The van der Waals surface area contributed by atoms with Crippen molar-refractivity contribution >= 4 is 52.2 Å². The highest BCUT2D eigenvalue weighted by Crippen LogP contribution is 2.41. The Balaban J connectivity index is 1.34. The molecule has 218 valence electrons. The van der Waals surface area contributed by atoms with Crippen LogP contribution in [0.1, 0.15) is 46.4 Å². The van der Waals surface area contributed by atoms with Crippen LogP contribution >= 0.6 is 0 Å². The van der Waals surface area contributed by atoms with Crippen LogP contribution in [0.15, 0.2) is 59.0 Å². The quantitative estimate of drug-likeness (QED) is 0.0855. The third kappa shape index (κ3) is 5.95. The maximum Gasteiger partial charge on any atom is 0.336 e. The molecular formula is C30H23N3O10. The van der Waals surface area contributed by atoms with E-state index in [1.165, 1.54) is 24.3 Å². The zero-order chi connectivity index (χ0) is 30.8. The Bertz CT molecular complexity index is 1860. The Kier molecular flexibility index (Phi) is 7.71. The van der Waals surface area contributed by atoms with Gasteiger partial charge in [-0.25, -0.2) is 9.59 Å². The zero-order valence-electron chi connectivity index (χ0n) is 22.4. The van der Waals surface area contributed by atoms with E-state index in [4.69, 9.17) is 20.3 Å². The highest BCUT2D eigenvalue weighted by Gasteiger charge is 2.33. The van der Waals surface area contributed by atoms with Gasteiger partial charge in [-0.1, -0.05) is 12.1 Å². The van der Waals surface area contributed by atoms with Gasteiger partial charge in [-0.15, -0.1) is 5.06 Å². The van der Waals surface area contributed by atoms with E-state index in [1.807, 2.05) is 0 Å². The third-order valence-corrected chi connectivity index (χ3v) is 6.68. The van der Waals surface area contributed by atoms with Crippen molar-refractivity contribution in [2.24, 2.45) is 0 Å². The lowest BCUT2D eigenvalue weighted by molar-refractivity contribution is -0.197. The number of aromatic carboxylic acids is 1. The molecular weight excluding hydrogens is 562 g/mol. The van der Waals surface area contributed by atoms with Crippen LogP contribution in [0.4, 0.5) is 5.69 Å². The standard InChI is InChI=1S/C30H23N3O10/c31-16-2-5-19-23(12-16)42-24-13-17(32)3-6-20(24)29(19)18-4-1-15(11-21(18)30(39)40)22(34)14-41-27(37)9-10-28(38)43-33-25(35)7-8-26(33)36/h1-6,11-13,31H,7-10,14,32H2,(H,39,40). The van der Waals surface area contributed by atoms with Crippen LogP contribution in [-0.2, 0) is 28.8 Å². The first-order valence-electron chi connectivity index (χ1n) is 13.0. The lowest BCUT2D eigenvalue weighted by Gasteiger charge is -2.17. The van der Waals surface area contributed by atoms with Crippen LogP contribution in [0.5, 0.6) is 0 Å². The Morgan fingerprint density at radius 1 is 0.907 bits per heavy atom. The normalized spacial score (nSPS) is 13.0. The molecule has 2 heterocycles. The van der Waals surface area contributed by atoms with Gasteiger partial charge in [0, 0.05) is 52.7 Å². The number of carboxylic acid groups (broad SMARTS) is 1. The monoisotopic (exact) mass is 585 g/mol. The number of rotatable bonds is 9. The number of carboxylic acids is 1. The molecule has 13 nitrogen and oxygen atoms in total. The smallest absolute Gasteiger partial charge is 0.336 e. The number of Topliss-reactive ketones (excluding diaryl/α,β-unsaturated/α-hetero) is 1. The number of anilines is 1. The summed E-state index contributed by atoms with van der Waals surface area (Å²) in [6, 6.07) is 13.7. The summed E-state index contributed by atoms with van der Waals surface area (Å²) in [5.74, 6) is -4.90. The molecule has 2 aliphatic heterocycles. The first-order chi connectivity index (χ1) is 20.5. The van der Waals surface area contributed by atoms with Crippen molar-refractivity contribution in [2.75, 3.05) is 12.3 Å². The molecule has 0 radical (unpaired) electrons. The Hall–Kier alpha value is -5.85. The van der Waals surface area contributed by atoms with Crippen molar-refractivity contribution in [1.82, 2.24) is 5.06 Å². The van der Waals surface area contributed by atoms with Gasteiger partial charge in [-0.2, -0.15) is 0 Å². The molecule has 0 bridgehead atoms. The van der Waals surface area contributed by atoms with Gasteiger partial charge in [-0.3, -0.25) is 19.2 Å². The van der Waals surface area contributed by atoms with Gasteiger partial charge < -0.3 is 30.2 Å². The number of fused-ring (bicyclic) bond motifs is 2. The molecule has 2 aromatic rings. The summed E-state index contributed by atoms with van der Waals surface area (Å²) in [6.07, 6.45) is -1.12. The predicted octanol–water partition coefficient (Wildman–Crippen LogP) is 3.08. The van der Waals surface area contributed by atoms with Crippen LogP contribution in [-0.4, -0.2) is 52.3 Å². The number of hydroxylamine groups is 2. The topological polar surface area (TPSA) is 207 Å². The number of esters is 1. The van der Waals surface area contributed by atoms with Crippen LogP contribution in [0.25, 0.3) is 33.4 Å². The molecule has 0 saturated carbocycles. The first kappa shape index (κ1) is 28.7. The molecule has 43 heavy (non-hydrogen) atoms. The fraction of sp³-hybridized carbons (Fsp3) is 0.167. The molecule has 1 fully saturated rings. The third-order valence-electron chi connectivity index (χ3n) is 6.68.